The van der Waals surface area contributed by atoms with Crippen LogP contribution in [0.1, 0.15) is 33.9 Å². The van der Waals surface area contributed by atoms with Gasteiger partial charge in [-0.25, -0.2) is 4.79 Å². The van der Waals surface area contributed by atoms with Crippen LogP contribution in [0, 0.1) is 0 Å². The largest absolute Gasteiger partial charge is 0.445 e. The molecule has 1 atom stereocenters. The van der Waals surface area contributed by atoms with Gasteiger partial charge in [-0.1, -0.05) is 90.5 Å². The lowest BCUT2D eigenvalue weighted by molar-refractivity contribution is 0.0963. The summed E-state index contributed by atoms with van der Waals surface area (Å²) in [6.45, 7) is 0.147. The Morgan fingerprint density at radius 2 is 1.46 bits per heavy atom. The molecule has 3 rings (SSSR count). The van der Waals surface area contributed by atoms with Crippen molar-refractivity contribution in [3.63, 3.8) is 0 Å². The Balaban J connectivity index is 1.72. The molecule has 0 aliphatic heterocycles. The van der Waals surface area contributed by atoms with Crippen molar-refractivity contribution in [2.75, 3.05) is 0 Å². The molecular formula is C23H20ClNO3. The van der Waals surface area contributed by atoms with E-state index in [1.807, 2.05) is 42.5 Å². The topological polar surface area (TPSA) is 55.4 Å². The van der Waals surface area contributed by atoms with Gasteiger partial charge in [-0.3, -0.25) is 4.79 Å². The molecule has 1 amide bonds. The number of ether oxygens (including phenoxy) is 1. The van der Waals surface area contributed by atoms with E-state index in [2.05, 4.69) is 5.32 Å². The minimum atomic E-state index is -0.602. The second kappa shape index (κ2) is 9.72. The number of hydrogen-bond acceptors (Lipinski definition) is 3. The van der Waals surface area contributed by atoms with Gasteiger partial charge in [-0.2, -0.15) is 0 Å². The zero-order valence-electron chi connectivity index (χ0n) is 15.2. The molecule has 1 N–H and O–H groups in total. The van der Waals surface area contributed by atoms with Gasteiger partial charge in [-0.05, 0) is 17.2 Å². The van der Waals surface area contributed by atoms with E-state index in [0.29, 0.717) is 16.1 Å². The summed E-state index contributed by atoms with van der Waals surface area (Å²) in [6, 6.07) is 24.9. The number of Topliss-reactive ketones (excluding diaryl/α,β-unsaturated/α-hetero) is 1. The predicted molar refractivity (Wildman–Crippen MR) is 109 cm³/mol. The molecule has 1 unspecified atom stereocenters. The van der Waals surface area contributed by atoms with Crippen molar-refractivity contribution in [2.45, 2.75) is 19.1 Å². The monoisotopic (exact) mass is 393 g/mol. The van der Waals surface area contributed by atoms with Gasteiger partial charge in [0, 0.05) is 17.0 Å². The highest BCUT2D eigenvalue weighted by molar-refractivity contribution is 6.31. The molecule has 0 saturated heterocycles. The van der Waals surface area contributed by atoms with Gasteiger partial charge >= 0.3 is 6.09 Å². The van der Waals surface area contributed by atoms with Crippen molar-refractivity contribution >= 4 is 23.5 Å². The quantitative estimate of drug-likeness (QED) is 0.533. The molecule has 0 heterocycles. The summed E-state index contributed by atoms with van der Waals surface area (Å²) in [4.78, 5) is 25.0. The summed E-state index contributed by atoms with van der Waals surface area (Å²) in [5, 5.41) is 3.26. The van der Waals surface area contributed by atoms with Crippen LogP contribution >= 0.6 is 11.6 Å². The summed E-state index contributed by atoms with van der Waals surface area (Å²) in [5.74, 6) is -0.0890. The lowest BCUT2D eigenvalue weighted by Gasteiger charge is -2.20. The SMILES string of the molecule is O=C(NC(CC(=O)c1ccccc1)c1ccccc1Cl)OCc1ccccc1. The molecule has 3 aromatic rings. The van der Waals surface area contributed by atoms with Gasteiger partial charge in [0.25, 0.3) is 0 Å². The first kappa shape index (κ1) is 19.6. The van der Waals surface area contributed by atoms with Crippen LogP contribution in [-0.2, 0) is 11.3 Å². The molecule has 28 heavy (non-hydrogen) atoms. The fraction of sp³-hybridized carbons (Fsp3) is 0.130. The number of amides is 1. The maximum atomic E-state index is 12.7. The molecule has 0 aliphatic rings. The van der Waals surface area contributed by atoms with E-state index in [0.717, 1.165) is 5.56 Å². The van der Waals surface area contributed by atoms with Crippen molar-refractivity contribution in [3.8, 4) is 0 Å². The number of carbonyl (C=O) groups excluding carboxylic acids is 2. The molecule has 4 nitrogen and oxygen atoms in total. The number of halogens is 1. The molecule has 0 spiro atoms. The lowest BCUT2D eigenvalue weighted by Crippen LogP contribution is -2.31. The number of hydrogen-bond donors (Lipinski definition) is 1. The van der Waals surface area contributed by atoms with Crippen molar-refractivity contribution in [2.24, 2.45) is 0 Å². The maximum absolute atomic E-state index is 12.7. The zero-order chi connectivity index (χ0) is 19.8. The van der Waals surface area contributed by atoms with Gasteiger partial charge in [0.1, 0.15) is 6.61 Å². The Morgan fingerprint density at radius 3 is 2.14 bits per heavy atom. The Kier molecular flexibility index (Phi) is 6.82. The van der Waals surface area contributed by atoms with Crippen LogP contribution in [0.15, 0.2) is 84.9 Å². The standard InChI is InChI=1S/C23H20ClNO3/c24-20-14-8-7-13-19(20)21(15-22(26)18-11-5-2-6-12-18)25-23(27)28-16-17-9-3-1-4-10-17/h1-14,21H,15-16H2,(H,25,27). The molecule has 0 bridgehead atoms. The predicted octanol–water partition coefficient (Wildman–Crippen LogP) is 5.58. The van der Waals surface area contributed by atoms with Gasteiger partial charge in [-0.15, -0.1) is 0 Å². The van der Waals surface area contributed by atoms with E-state index in [9.17, 15) is 9.59 Å². The number of rotatable bonds is 7. The molecule has 5 heteroatoms. The van der Waals surface area contributed by atoms with Crippen LogP contribution in [0.5, 0.6) is 0 Å². The van der Waals surface area contributed by atoms with Crippen LogP contribution in [0.3, 0.4) is 0 Å². The summed E-state index contributed by atoms with van der Waals surface area (Å²) in [7, 11) is 0. The van der Waals surface area contributed by atoms with E-state index in [-0.39, 0.29) is 18.8 Å². The number of benzene rings is 3. The van der Waals surface area contributed by atoms with E-state index < -0.39 is 12.1 Å². The third kappa shape index (κ3) is 5.44. The van der Waals surface area contributed by atoms with Gasteiger partial charge in [0.05, 0.1) is 6.04 Å². The number of nitrogens with one attached hydrogen (secondary N) is 1. The van der Waals surface area contributed by atoms with E-state index in [1.165, 1.54) is 0 Å². The highest BCUT2D eigenvalue weighted by Gasteiger charge is 2.22. The minimum Gasteiger partial charge on any atom is -0.445 e. The van der Waals surface area contributed by atoms with Crippen LogP contribution < -0.4 is 5.32 Å². The van der Waals surface area contributed by atoms with Crippen LogP contribution in [0.4, 0.5) is 4.79 Å². The number of ketones is 1. The van der Waals surface area contributed by atoms with Crippen molar-refractivity contribution in [3.05, 3.63) is 107 Å². The molecule has 0 aliphatic carbocycles. The summed E-state index contributed by atoms with van der Waals surface area (Å²) < 4.78 is 5.30. The molecule has 0 saturated carbocycles. The third-order valence-corrected chi connectivity index (χ3v) is 4.61. The summed E-state index contributed by atoms with van der Waals surface area (Å²) >= 11 is 6.30. The first-order chi connectivity index (χ1) is 13.6. The highest BCUT2D eigenvalue weighted by Crippen LogP contribution is 2.26. The van der Waals surface area contributed by atoms with Crippen LogP contribution in [-0.4, -0.2) is 11.9 Å². The van der Waals surface area contributed by atoms with Gasteiger partial charge in [0.15, 0.2) is 5.78 Å². The van der Waals surface area contributed by atoms with E-state index >= 15 is 0 Å². The second-order valence-electron chi connectivity index (χ2n) is 6.27. The zero-order valence-corrected chi connectivity index (χ0v) is 15.9. The molecule has 3 aromatic carbocycles. The van der Waals surface area contributed by atoms with Gasteiger partial charge < -0.3 is 10.1 Å². The minimum absolute atomic E-state index is 0.0776. The third-order valence-electron chi connectivity index (χ3n) is 4.27. The first-order valence-electron chi connectivity index (χ1n) is 8.93. The van der Waals surface area contributed by atoms with E-state index in [4.69, 9.17) is 16.3 Å². The van der Waals surface area contributed by atoms with Gasteiger partial charge in [0.2, 0.25) is 0 Å². The van der Waals surface area contributed by atoms with Crippen molar-refractivity contribution in [1.29, 1.82) is 0 Å². The van der Waals surface area contributed by atoms with Crippen molar-refractivity contribution in [1.82, 2.24) is 5.32 Å². The van der Waals surface area contributed by atoms with E-state index in [1.54, 1.807) is 42.5 Å². The van der Waals surface area contributed by atoms with Crippen LogP contribution in [0.2, 0.25) is 5.02 Å². The molecule has 0 radical (unpaired) electrons. The Bertz CT molecular complexity index is 929. The smallest absolute Gasteiger partial charge is 0.407 e. The normalized spacial score (nSPS) is 11.5. The average molecular weight is 394 g/mol. The summed E-state index contributed by atoms with van der Waals surface area (Å²) in [5.41, 5.74) is 2.14. The second-order valence-corrected chi connectivity index (χ2v) is 6.68. The summed E-state index contributed by atoms with van der Waals surface area (Å²) in [6.07, 6.45) is -0.525. The first-order valence-corrected chi connectivity index (χ1v) is 9.31. The number of carbonyl (C=O) groups is 2. The van der Waals surface area contributed by atoms with Crippen molar-refractivity contribution < 1.29 is 14.3 Å². The highest BCUT2D eigenvalue weighted by atomic mass is 35.5. The Labute approximate surface area is 169 Å². The Morgan fingerprint density at radius 1 is 0.857 bits per heavy atom. The lowest BCUT2D eigenvalue weighted by atomic mass is 9.98. The fourth-order valence-electron chi connectivity index (χ4n) is 2.83. The average Bonchev–Trinajstić information content (AvgIpc) is 2.73. The fourth-order valence-corrected chi connectivity index (χ4v) is 3.10. The Hall–Kier alpha value is -3.11. The molecular weight excluding hydrogens is 374 g/mol. The molecule has 0 fully saturated rings. The molecule has 0 aromatic heterocycles. The van der Waals surface area contributed by atoms with Crippen LogP contribution in [0.25, 0.3) is 0 Å². The number of alkyl carbamates (subject to hydrolysis) is 1. The maximum Gasteiger partial charge on any atom is 0.407 e. The molecule has 142 valence electrons.